The van der Waals surface area contributed by atoms with Gasteiger partial charge in [0.25, 0.3) is 5.91 Å². The largest absolute Gasteiger partial charge is 0.345 e. The summed E-state index contributed by atoms with van der Waals surface area (Å²) in [5.41, 5.74) is 7.81. The van der Waals surface area contributed by atoms with Crippen LogP contribution < -0.4 is 5.32 Å². The van der Waals surface area contributed by atoms with Crippen molar-refractivity contribution in [1.29, 1.82) is 0 Å². The molecule has 0 aliphatic rings. The zero-order valence-corrected chi connectivity index (χ0v) is 14.4. The molecular weight excluding hydrogens is 270 g/mol. The molecule has 0 aliphatic heterocycles. The van der Waals surface area contributed by atoms with Crippen molar-refractivity contribution in [2.75, 3.05) is 0 Å². The standard InChI is InChI=1S/C20H25NO/c1-12-7-8-13(2)19(9-12)20(22)21-17(6)18-11-15(4)14(3)10-16(18)5/h7-11,17H,1-6H3,(H,21,22)/t17-/m1/s1. The Hall–Kier alpha value is -2.09. The third-order valence-corrected chi connectivity index (χ3v) is 4.33. The number of amides is 1. The molecule has 2 rings (SSSR count). The van der Waals surface area contributed by atoms with Gasteiger partial charge in [-0.05, 0) is 75.4 Å². The van der Waals surface area contributed by atoms with Crippen molar-refractivity contribution in [3.8, 4) is 0 Å². The first-order chi connectivity index (χ1) is 10.3. The molecular formula is C20H25NO. The van der Waals surface area contributed by atoms with Gasteiger partial charge in [0.2, 0.25) is 0 Å². The Morgan fingerprint density at radius 1 is 0.864 bits per heavy atom. The average Bonchev–Trinajstić information content (AvgIpc) is 2.45. The summed E-state index contributed by atoms with van der Waals surface area (Å²) in [5, 5.41) is 3.13. The fraction of sp³-hybridized carbons (Fsp3) is 0.350. The van der Waals surface area contributed by atoms with E-state index < -0.39 is 0 Å². The van der Waals surface area contributed by atoms with Gasteiger partial charge >= 0.3 is 0 Å². The van der Waals surface area contributed by atoms with Gasteiger partial charge in [-0.25, -0.2) is 0 Å². The van der Waals surface area contributed by atoms with Crippen molar-refractivity contribution in [3.05, 3.63) is 69.3 Å². The van der Waals surface area contributed by atoms with Crippen LogP contribution in [0.1, 0.15) is 56.7 Å². The topological polar surface area (TPSA) is 29.1 Å². The van der Waals surface area contributed by atoms with Crippen LogP contribution in [-0.4, -0.2) is 5.91 Å². The van der Waals surface area contributed by atoms with E-state index >= 15 is 0 Å². The van der Waals surface area contributed by atoms with Crippen LogP contribution >= 0.6 is 0 Å². The summed E-state index contributed by atoms with van der Waals surface area (Å²) in [6, 6.07) is 10.3. The second-order valence-corrected chi connectivity index (χ2v) is 6.31. The first kappa shape index (κ1) is 16.3. The van der Waals surface area contributed by atoms with Gasteiger partial charge in [-0.15, -0.1) is 0 Å². The molecule has 0 fully saturated rings. The van der Waals surface area contributed by atoms with E-state index in [0.717, 1.165) is 16.7 Å². The molecule has 0 spiro atoms. The highest BCUT2D eigenvalue weighted by atomic mass is 16.1. The molecule has 2 heteroatoms. The number of nitrogens with one attached hydrogen (secondary N) is 1. The van der Waals surface area contributed by atoms with Crippen LogP contribution in [0.25, 0.3) is 0 Å². The van der Waals surface area contributed by atoms with Crippen molar-refractivity contribution in [3.63, 3.8) is 0 Å². The number of aryl methyl sites for hydroxylation is 5. The molecule has 2 nitrogen and oxygen atoms in total. The lowest BCUT2D eigenvalue weighted by molar-refractivity contribution is 0.0939. The van der Waals surface area contributed by atoms with E-state index in [1.807, 2.05) is 39.0 Å². The molecule has 1 N–H and O–H groups in total. The van der Waals surface area contributed by atoms with Gasteiger partial charge in [0, 0.05) is 5.56 Å². The normalized spacial score (nSPS) is 12.1. The van der Waals surface area contributed by atoms with Crippen molar-refractivity contribution < 1.29 is 4.79 Å². The summed E-state index contributed by atoms with van der Waals surface area (Å²) in [7, 11) is 0. The van der Waals surface area contributed by atoms with Crippen molar-refractivity contribution >= 4 is 5.91 Å². The van der Waals surface area contributed by atoms with Gasteiger partial charge in [0.1, 0.15) is 0 Å². The fourth-order valence-electron chi connectivity index (χ4n) is 2.78. The van der Waals surface area contributed by atoms with Crippen LogP contribution in [0.15, 0.2) is 30.3 Å². The molecule has 0 saturated heterocycles. The highest BCUT2D eigenvalue weighted by Gasteiger charge is 2.15. The highest BCUT2D eigenvalue weighted by Crippen LogP contribution is 2.22. The number of benzene rings is 2. The quantitative estimate of drug-likeness (QED) is 0.872. The second kappa shape index (κ2) is 6.35. The van der Waals surface area contributed by atoms with E-state index in [-0.39, 0.29) is 11.9 Å². The summed E-state index contributed by atoms with van der Waals surface area (Å²) in [6.07, 6.45) is 0. The molecule has 2 aromatic rings. The maximum Gasteiger partial charge on any atom is 0.252 e. The summed E-state index contributed by atoms with van der Waals surface area (Å²) >= 11 is 0. The lowest BCUT2D eigenvalue weighted by Gasteiger charge is -2.19. The summed E-state index contributed by atoms with van der Waals surface area (Å²) in [5.74, 6) is -0.00803. The van der Waals surface area contributed by atoms with Crippen LogP contribution in [0.2, 0.25) is 0 Å². The van der Waals surface area contributed by atoms with Gasteiger partial charge in [-0.1, -0.05) is 29.8 Å². The molecule has 116 valence electrons. The van der Waals surface area contributed by atoms with E-state index in [4.69, 9.17) is 0 Å². The predicted molar refractivity (Wildman–Crippen MR) is 92.5 cm³/mol. The van der Waals surface area contributed by atoms with Crippen LogP contribution in [0.5, 0.6) is 0 Å². The van der Waals surface area contributed by atoms with Crippen molar-refractivity contribution in [2.45, 2.75) is 47.6 Å². The van der Waals surface area contributed by atoms with Gasteiger partial charge in [0.05, 0.1) is 6.04 Å². The third kappa shape index (κ3) is 3.38. The van der Waals surface area contributed by atoms with Crippen molar-refractivity contribution in [1.82, 2.24) is 5.32 Å². The molecule has 0 bridgehead atoms. The number of hydrogen-bond acceptors (Lipinski definition) is 1. The minimum Gasteiger partial charge on any atom is -0.345 e. The molecule has 0 unspecified atom stereocenters. The molecule has 0 saturated carbocycles. The Morgan fingerprint density at radius 3 is 2.18 bits per heavy atom. The average molecular weight is 295 g/mol. The van der Waals surface area contributed by atoms with E-state index in [1.165, 1.54) is 22.3 Å². The minimum absolute atomic E-state index is 0.00767. The van der Waals surface area contributed by atoms with E-state index in [9.17, 15) is 4.79 Å². The molecule has 0 aliphatic carbocycles. The number of carbonyl (C=O) groups is 1. The molecule has 1 amide bonds. The Kier molecular flexibility index (Phi) is 4.70. The first-order valence-electron chi connectivity index (χ1n) is 7.75. The predicted octanol–water partition coefficient (Wildman–Crippen LogP) is 4.72. The summed E-state index contributed by atoms with van der Waals surface area (Å²) < 4.78 is 0. The maximum atomic E-state index is 12.6. The lowest BCUT2D eigenvalue weighted by atomic mass is 9.96. The summed E-state index contributed by atoms with van der Waals surface area (Å²) in [4.78, 5) is 12.6. The Labute approximate surface area is 133 Å². The van der Waals surface area contributed by atoms with Gasteiger partial charge in [0.15, 0.2) is 0 Å². The Morgan fingerprint density at radius 2 is 1.50 bits per heavy atom. The summed E-state index contributed by atoms with van der Waals surface area (Å²) in [6.45, 7) is 12.3. The number of rotatable bonds is 3. The molecule has 2 aromatic carbocycles. The molecule has 0 heterocycles. The Bertz CT molecular complexity index is 716. The maximum absolute atomic E-state index is 12.6. The smallest absolute Gasteiger partial charge is 0.252 e. The molecule has 0 radical (unpaired) electrons. The van der Waals surface area contributed by atoms with Gasteiger partial charge < -0.3 is 5.32 Å². The van der Waals surface area contributed by atoms with Crippen LogP contribution in [-0.2, 0) is 0 Å². The number of hydrogen-bond donors (Lipinski definition) is 1. The molecule has 22 heavy (non-hydrogen) atoms. The minimum atomic E-state index is -0.00803. The van der Waals surface area contributed by atoms with Crippen LogP contribution in [0, 0.1) is 34.6 Å². The van der Waals surface area contributed by atoms with Crippen LogP contribution in [0.3, 0.4) is 0 Å². The van der Waals surface area contributed by atoms with Gasteiger partial charge in [-0.3, -0.25) is 4.79 Å². The molecule has 1 atom stereocenters. The Balaban J connectivity index is 2.25. The van der Waals surface area contributed by atoms with Crippen LogP contribution in [0.4, 0.5) is 0 Å². The monoisotopic (exact) mass is 295 g/mol. The third-order valence-electron chi connectivity index (χ3n) is 4.33. The van der Waals surface area contributed by atoms with E-state index in [2.05, 4.69) is 38.2 Å². The molecule has 0 aromatic heterocycles. The van der Waals surface area contributed by atoms with Crippen molar-refractivity contribution in [2.24, 2.45) is 0 Å². The number of carbonyl (C=O) groups excluding carboxylic acids is 1. The van der Waals surface area contributed by atoms with E-state index in [1.54, 1.807) is 0 Å². The zero-order valence-electron chi connectivity index (χ0n) is 14.4. The second-order valence-electron chi connectivity index (χ2n) is 6.31. The SMILES string of the molecule is Cc1ccc(C)c(C(=O)N[C@H](C)c2cc(C)c(C)cc2C)c1. The first-order valence-corrected chi connectivity index (χ1v) is 7.75. The zero-order chi connectivity index (χ0) is 16.4. The fourth-order valence-corrected chi connectivity index (χ4v) is 2.78. The van der Waals surface area contributed by atoms with Gasteiger partial charge in [-0.2, -0.15) is 0 Å². The highest BCUT2D eigenvalue weighted by molar-refractivity contribution is 5.96. The van der Waals surface area contributed by atoms with E-state index in [0.29, 0.717) is 0 Å². The lowest BCUT2D eigenvalue weighted by Crippen LogP contribution is -2.28.